The van der Waals surface area contributed by atoms with Crippen molar-refractivity contribution in [2.24, 2.45) is 9.98 Å². The second kappa shape index (κ2) is 51.8. The number of esters is 3. The standard InChI is InChI=1S/C25H25NO5.C25H23NO4.C14H12O3.C11H14ClNO3.C11H11NO4.C2H6O.Cl2OS/c1-18(27)23(25(29)31-17-20-12-6-3-7-13-20)26-24(28)21-14-8-9-15-22(21)30-16-19-10-4-2-5-11-19;1-18-23(25(27)29-17-20-12-6-3-7-13-20)26-24(30-18)21-14-8-9-15-22(21)28-16-19-10-4-2-5-11-19;15-14(16)12-8-4-5-9-13(12)17-10-11-6-2-1-3-7-11;1-8(14)10(13-12)11(15)16-7-9-5-3-2-4-6-9;1-6-9(11(14)15)12-10(16-6)7-4-2-3-5-8(7)13;1-2-3;1-4(2)3/h2-15,18,23,27H,16-17H2,1H3,(H,26,28);2-15,18,23H,16-17H2,1H3;1-9H,10H2,(H,15,16);2-6,8,10,13-14H,7H2,1H3;2-6,9,13H,1H3,(H,14,15);3H,2H2,1H3;/t18-,23+;18-,23-;;8-,10+;6-,9-;;/m10.10../s1. The van der Waals surface area contributed by atoms with E-state index in [-0.39, 0.29) is 49.2 Å². The summed E-state index contributed by atoms with van der Waals surface area (Å²) in [6.07, 6.45) is -2.97. The molecule has 1 amide bonds. The van der Waals surface area contributed by atoms with Crippen LogP contribution in [0.4, 0.5) is 0 Å². The van der Waals surface area contributed by atoms with Crippen LogP contribution in [-0.4, -0.2) is 138 Å². The van der Waals surface area contributed by atoms with Crippen molar-refractivity contribution in [1.82, 2.24) is 10.2 Å². The van der Waals surface area contributed by atoms with Gasteiger partial charge in [-0.3, -0.25) is 9.59 Å². The average molecular weight is 1680 g/mol. The van der Waals surface area contributed by atoms with Gasteiger partial charge in [0.1, 0.15) is 86.5 Å². The van der Waals surface area contributed by atoms with Gasteiger partial charge in [-0.05, 0) is 128 Å². The first-order valence-electron chi connectivity index (χ1n) is 36.4. The normalized spacial score (nSPS) is 14.9. The number of hydrogen-bond donors (Lipinski definition) is 8. The topological polar surface area (TPSA) is 363 Å². The van der Waals surface area contributed by atoms with Crippen molar-refractivity contribution in [2.45, 2.75) is 123 Å². The van der Waals surface area contributed by atoms with E-state index in [9.17, 15) is 44.1 Å². The van der Waals surface area contributed by atoms with Crippen LogP contribution in [0.5, 0.6) is 23.0 Å². The van der Waals surface area contributed by atoms with Gasteiger partial charge in [0.2, 0.25) is 21.0 Å². The zero-order valence-electron chi connectivity index (χ0n) is 64.4. The summed E-state index contributed by atoms with van der Waals surface area (Å²) in [6.45, 7) is 9.80. The SMILES string of the molecule is CCO.C[C@@H](O)[C@H](NC(=O)c1ccccc1OCc1ccccc1)C(=O)OCc1ccccc1.C[C@@H](O)[C@H](NCl)C(=O)OCc1ccccc1.C[C@@H]1OC(c2ccccc2O)=N[C@@H]1C(=O)O.C[C@@H]1OC(c2ccccc2OCc2ccccc2)=N[C@@H]1C(=O)OCc1ccccc1.O=C(O)c1ccccc1OCc1ccccc1.O=S(Cl)Cl. The molecule has 616 valence electrons. The molecule has 25 nitrogen and oxygen atoms in total. The maximum Gasteiger partial charge on any atom is 0.339 e. The number of aliphatic hydroxyl groups excluding tert-OH is 3. The second-order valence-electron chi connectivity index (χ2n) is 25.2. The minimum atomic E-state index is -1.67. The van der Waals surface area contributed by atoms with Crippen LogP contribution in [-0.2, 0) is 91.7 Å². The predicted octanol–water partition coefficient (Wildman–Crippen LogP) is 14.3. The molecule has 0 aliphatic carbocycles. The van der Waals surface area contributed by atoms with Crippen LogP contribution in [0.3, 0.4) is 0 Å². The highest BCUT2D eigenvalue weighted by Gasteiger charge is 2.37. The first-order chi connectivity index (χ1) is 56.4. The summed E-state index contributed by atoms with van der Waals surface area (Å²) in [6, 6.07) is 80.9. The third-order valence-corrected chi connectivity index (χ3v) is 16.5. The fraction of sp³-hybridized carbons (Fsp3) is 0.227. The Hall–Kier alpha value is -12.0. The third kappa shape index (κ3) is 33.4. The molecule has 2 aliphatic heterocycles. The smallest absolute Gasteiger partial charge is 0.339 e. The van der Waals surface area contributed by atoms with Gasteiger partial charge in [0, 0.05) is 28.0 Å². The molecular weight excluding hydrogens is 1590 g/mol. The number of carboxylic acid groups (broad SMARTS) is 2. The van der Waals surface area contributed by atoms with Gasteiger partial charge in [0.25, 0.3) is 5.91 Å². The number of nitrogens with one attached hydrogen (secondary N) is 2. The summed E-state index contributed by atoms with van der Waals surface area (Å²) >= 11 is 5.33. The highest BCUT2D eigenvalue weighted by atomic mass is 36.0. The van der Waals surface area contributed by atoms with Crippen LogP contribution in [0.1, 0.15) is 99.8 Å². The van der Waals surface area contributed by atoms with Gasteiger partial charge in [0.05, 0.1) is 28.9 Å². The molecule has 0 saturated heterocycles. The Morgan fingerprint density at radius 3 is 1.14 bits per heavy atom. The lowest BCUT2D eigenvalue weighted by Gasteiger charge is -2.21. The summed E-state index contributed by atoms with van der Waals surface area (Å²) in [4.78, 5) is 81.8. The number of aromatic hydroxyl groups is 1. The van der Waals surface area contributed by atoms with Crippen LogP contribution in [0.25, 0.3) is 0 Å². The maximum absolute atomic E-state index is 12.9. The van der Waals surface area contributed by atoms with Crippen molar-refractivity contribution in [3.05, 3.63) is 335 Å². The number of carbonyl (C=O) groups excluding carboxylic acids is 4. The van der Waals surface area contributed by atoms with Crippen LogP contribution >= 0.6 is 33.1 Å². The number of carbonyl (C=O) groups is 6. The Morgan fingerprint density at radius 1 is 0.444 bits per heavy atom. The zero-order chi connectivity index (χ0) is 84.9. The van der Waals surface area contributed by atoms with E-state index < -0.39 is 93.6 Å². The number of ether oxygens (including phenoxy) is 8. The van der Waals surface area contributed by atoms with E-state index in [0.29, 0.717) is 48.5 Å². The molecule has 0 saturated carbocycles. The molecule has 117 heavy (non-hydrogen) atoms. The number of nitrogens with zero attached hydrogens (tertiary/aromatic N) is 2. The minimum Gasteiger partial charge on any atom is -0.507 e. The van der Waals surface area contributed by atoms with Gasteiger partial charge in [0.15, 0.2) is 18.1 Å². The molecule has 0 radical (unpaired) electrons. The summed E-state index contributed by atoms with van der Waals surface area (Å²) < 4.78 is 53.3. The Labute approximate surface area is 694 Å². The molecule has 0 fully saturated rings. The lowest BCUT2D eigenvalue weighted by Crippen LogP contribution is -2.48. The number of benzene rings is 10. The number of aromatic carboxylic acids is 1. The monoisotopic (exact) mass is 1680 g/mol. The molecule has 12 rings (SSSR count). The number of carboxylic acids is 2. The van der Waals surface area contributed by atoms with E-state index in [4.69, 9.17) is 69.2 Å². The number of aliphatic carboxylic acids is 1. The van der Waals surface area contributed by atoms with Gasteiger partial charge in [-0.15, -0.1) is 0 Å². The summed E-state index contributed by atoms with van der Waals surface area (Å²) in [7, 11) is 7.36. The van der Waals surface area contributed by atoms with E-state index in [2.05, 4.69) is 41.5 Å². The van der Waals surface area contributed by atoms with E-state index in [0.717, 1.165) is 38.9 Å². The largest absolute Gasteiger partial charge is 0.507 e. The molecule has 8 atom stereocenters. The van der Waals surface area contributed by atoms with E-state index in [1.54, 1.807) is 74.5 Å². The van der Waals surface area contributed by atoms with Crippen molar-refractivity contribution in [3.8, 4) is 23.0 Å². The Bertz CT molecular complexity index is 4750. The number of aliphatic hydroxyl groups is 3. The van der Waals surface area contributed by atoms with Gasteiger partial charge in [-0.2, -0.15) is 0 Å². The lowest BCUT2D eigenvalue weighted by molar-refractivity contribution is -0.150. The summed E-state index contributed by atoms with van der Waals surface area (Å²) in [5, 5.41) is 56.8. The first-order valence-corrected chi connectivity index (χ1v) is 39.6. The molecule has 2 aliphatic rings. The number of halogens is 3. The van der Waals surface area contributed by atoms with Gasteiger partial charge in [-0.25, -0.2) is 38.2 Å². The highest BCUT2D eigenvalue weighted by molar-refractivity contribution is 8.26. The number of phenolic OH excluding ortho intramolecular Hbond substituents is 1. The summed E-state index contributed by atoms with van der Waals surface area (Å²) in [5.41, 5.74) is 7.25. The maximum atomic E-state index is 12.9. The van der Waals surface area contributed by atoms with Crippen molar-refractivity contribution in [2.75, 3.05) is 6.61 Å². The molecule has 0 aromatic heterocycles. The highest BCUT2D eigenvalue weighted by Crippen LogP contribution is 2.29. The second-order valence-corrected chi connectivity index (χ2v) is 27.9. The number of phenols is 1. The first kappa shape index (κ1) is 93.9. The molecule has 0 bridgehead atoms. The fourth-order valence-electron chi connectivity index (χ4n) is 10.3. The van der Waals surface area contributed by atoms with Crippen LogP contribution in [0, 0.1) is 0 Å². The molecule has 8 N–H and O–H groups in total. The zero-order valence-corrected chi connectivity index (χ0v) is 67.5. The van der Waals surface area contributed by atoms with Gasteiger partial charge in [-0.1, -0.05) is 231 Å². The molecule has 0 spiro atoms. The molecule has 10 aromatic carbocycles. The minimum absolute atomic E-state index is 0.0273. The van der Waals surface area contributed by atoms with Crippen molar-refractivity contribution >= 4 is 89.9 Å². The Morgan fingerprint density at radius 2 is 0.752 bits per heavy atom. The number of para-hydroxylation sites is 4. The van der Waals surface area contributed by atoms with E-state index >= 15 is 0 Å². The van der Waals surface area contributed by atoms with Gasteiger partial charge < -0.3 is 73.9 Å². The lowest BCUT2D eigenvalue weighted by atomic mass is 10.1. The molecule has 2 heterocycles. The number of rotatable bonds is 27. The average Bonchev–Trinajstić information content (AvgIpc) is 1.70. The molecule has 29 heteroatoms. The molecular formula is C88H91Cl3N4O21S. The van der Waals surface area contributed by atoms with Crippen LogP contribution < -0.4 is 24.4 Å². The number of aliphatic imine (C=N–C) groups is 2. The Balaban J connectivity index is 0.000000229. The van der Waals surface area contributed by atoms with Crippen LogP contribution in [0.15, 0.2) is 289 Å². The van der Waals surface area contributed by atoms with Gasteiger partial charge >= 0.3 is 29.8 Å². The molecule has 10 aromatic rings. The molecule has 0 unspecified atom stereocenters. The fourth-order valence-corrected chi connectivity index (χ4v) is 10.6. The van der Waals surface area contributed by atoms with Crippen molar-refractivity contribution in [1.29, 1.82) is 0 Å². The number of hydrogen-bond acceptors (Lipinski definition) is 22. The third-order valence-electron chi connectivity index (χ3n) is 16.3. The van der Waals surface area contributed by atoms with Crippen molar-refractivity contribution < 1.29 is 102 Å². The predicted molar refractivity (Wildman–Crippen MR) is 445 cm³/mol. The van der Waals surface area contributed by atoms with E-state index in [1.165, 1.54) is 26.0 Å². The van der Waals surface area contributed by atoms with E-state index in [1.807, 2.05) is 213 Å². The quantitative estimate of drug-likeness (QED) is 0.0103. The van der Waals surface area contributed by atoms with Crippen LogP contribution in [0.2, 0.25) is 0 Å². The van der Waals surface area contributed by atoms with Crippen molar-refractivity contribution in [3.63, 3.8) is 0 Å². The Kier molecular flexibility index (Phi) is 41.5. The summed E-state index contributed by atoms with van der Waals surface area (Å²) in [5.74, 6) is -2.20. The number of amides is 1.